The van der Waals surface area contributed by atoms with Crippen LogP contribution in [0.2, 0.25) is 0 Å². The van der Waals surface area contributed by atoms with Crippen LogP contribution in [0.25, 0.3) is 0 Å². The van der Waals surface area contributed by atoms with Gasteiger partial charge < -0.3 is 10.6 Å². The quantitative estimate of drug-likeness (QED) is 0.833. The standard InChI is InChI=1S/C14H23F3N2O.ClH/c1-9(11-7-18-8-11)13(20)19-12(14(15,16)17)10-5-3-2-4-6-10;/h9-12,18H,2-8H2,1H3,(H,19,20);1H. The highest BCUT2D eigenvalue weighted by Gasteiger charge is 2.46. The summed E-state index contributed by atoms with van der Waals surface area (Å²) >= 11 is 0. The number of nitrogens with one attached hydrogen (secondary N) is 2. The molecule has 0 radical (unpaired) electrons. The SMILES string of the molecule is CC(C(=O)NC(C1CCCCC1)C(F)(F)F)C1CNC1.Cl. The van der Waals surface area contributed by atoms with Gasteiger partial charge in [-0.1, -0.05) is 26.2 Å². The molecule has 2 atom stereocenters. The van der Waals surface area contributed by atoms with E-state index in [0.29, 0.717) is 25.9 Å². The van der Waals surface area contributed by atoms with Gasteiger partial charge in [-0.15, -0.1) is 12.4 Å². The molecule has 1 aliphatic carbocycles. The molecule has 2 N–H and O–H groups in total. The second-order valence-corrected chi connectivity index (χ2v) is 6.13. The monoisotopic (exact) mass is 328 g/mol. The second kappa shape index (κ2) is 7.68. The lowest BCUT2D eigenvalue weighted by Gasteiger charge is -2.36. The average molecular weight is 329 g/mol. The van der Waals surface area contributed by atoms with Gasteiger partial charge in [-0.25, -0.2) is 0 Å². The first-order valence-electron chi connectivity index (χ1n) is 7.47. The zero-order valence-electron chi connectivity index (χ0n) is 12.2. The van der Waals surface area contributed by atoms with Crippen molar-refractivity contribution in [3.05, 3.63) is 0 Å². The van der Waals surface area contributed by atoms with E-state index in [-0.39, 0.29) is 24.2 Å². The molecule has 1 heterocycles. The molecular formula is C14H24ClF3N2O. The predicted octanol–water partition coefficient (Wildman–Crippen LogP) is 2.89. The molecule has 21 heavy (non-hydrogen) atoms. The Bertz CT molecular complexity index is 342. The molecule has 7 heteroatoms. The maximum atomic E-state index is 13.2. The van der Waals surface area contributed by atoms with Gasteiger partial charge in [-0.05, 0) is 37.8 Å². The smallest absolute Gasteiger partial charge is 0.344 e. The van der Waals surface area contributed by atoms with Crippen LogP contribution in [0.1, 0.15) is 39.0 Å². The lowest BCUT2D eigenvalue weighted by atomic mass is 9.82. The van der Waals surface area contributed by atoms with Crippen LogP contribution in [0.5, 0.6) is 0 Å². The van der Waals surface area contributed by atoms with Gasteiger partial charge in [0.25, 0.3) is 0 Å². The Morgan fingerprint density at radius 3 is 2.14 bits per heavy atom. The Balaban J connectivity index is 0.00000220. The highest BCUT2D eigenvalue weighted by molar-refractivity contribution is 5.85. The summed E-state index contributed by atoms with van der Waals surface area (Å²) in [4.78, 5) is 12.0. The molecular weight excluding hydrogens is 305 g/mol. The van der Waals surface area contributed by atoms with Gasteiger partial charge in [-0.2, -0.15) is 13.2 Å². The molecule has 0 aromatic carbocycles. The van der Waals surface area contributed by atoms with E-state index in [1.54, 1.807) is 6.92 Å². The summed E-state index contributed by atoms with van der Waals surface area (Å²) in [6.07, 6.45) is -0.577. The molecule has 1 saturated carbocycles. The third kappa shape index (κ3) is 4.74. The third-order valence-corrected chi connectivity index (χ3v) is 4.71. The van der Waals surface area contributed by atoms with Crippen LogP contribution in [0.4, 0.5) is 13.2 Å². The van der Waals surface area contributed by atoms with Gasteiger partial charge in [0.1, 0.15) is 6.04 Å². The first kappa shape index (κ1) is 18.6. The van der Waals surface area contributed by atoms with Crippen molar-refractivity contribution >= 4 is 18.3 Å². The fourth-order valence-corrected chi connectivity index (χ4v) is 3.10. The van der Waals surface area contributed by atoms with Gasteiger partial charge in [-0.3, -0.25) is 4.79 Å². The molecule has 1 saturated heterocycles. The molecule has 1 amide bonds. The van der Waals surface area contributed by atoms with Crippen molar-refractivity contribution in [2.75, 3.05) is 13.1 Å². The van der Waals surface area contributed by atoms with Gasteiger partial charge >= 0.3 is 6.18 Å². The summed E-state index contributed by atoms with van der Waals surface area (Å²) in [6.45, 7) is 3.15. The van der Waals surface area contributed by atoms with E-state index in [2.05, 4.69) is 10.6 Å². The number of carbonyl (C=O) groups is 1. The van der Waals surface area contributed by atoms with Crippen molar-refractivity contribution in [3.8, 4) is 0 Å². The van der Waals surface area contributed by atoms with Crippen LogP contribution < -0.4 is 10.6 Å². The fraction of sp³-hybridized carbons (Fsp3) is 0.929. The van der Waals surface area contributed by atoms with Crippen molar-refractivity contribution in [2.45, 2.75) is 51.2 Å². The highest BCUT2D eigenvalue weighted by atomic mass is 35.5. The van der Waals surface area contributed by atoms with Crippen molar-refractivity contribution in [3.63, 3.8) is 0 Å². The van der Waals surface area contributed by atoms with Crippen LogP contribution in [0, 0.1) is 17.8 Å². The number of carbonyl (C=O) groups excluding carboxylic acids is 1. The summed E-state index contributed by atoms with van der Waals surface area (Å²) in [5.41, 5.74) is 0. The molecule has 2 aliphatic rings. The average Bonchev–Trinajstić information content (AvgIpc) is 2.33. The van der Waals surface area contributed by atoms with Crippen LogP contribution in [-0.4, -0.2) is 31.2 Å². The molecule has 3 nitrogen and oxygen atoms in total. The first-order valence-corrected chi connectivity index (χ1v) is 7.47. The van der Waals surface area contributed by atoms with Crippen LogP contribution >= 0.6 is 12.4 Å². The van der Waals surface area contributed by atoms with Crippen molar-refractivity contribution in [1.29, 1.82) is 0 Å². The zero-order valence-corrected chi connectivity index (χ0v) is 13.0. The molecule has 2 rings (SSSR count). The Labute approximate surface area is 129 Å². The van der Waals surface area contributed by atoms with Crippen LogP contribution in [0.15, 0.2) is 0 Å². The maximum Gasteiger partial charge on any atom is 0.408 e. The van der Waals surface area contributed by atoms with Gasteiger partial charge in [0, 0.05) is 5.92 Å². The fourth-order valence-electron chi connectivity index (χ4n) is 3.10. The summed E-state index contributed by atoms with van der Waals surface area (Å²) in [5, 5.41) is 5.33. The van der Waals surface area contributed by atoms with Crippen molar-refractivity contribution in [2.24, 2.45) is 17.8 Å². The normalized spacial score (nSPS) is 23.6. The van der Waals surface area contributed by atoms with Crippen LogP contribution in [0.3, 0.4) is 0 Å². The summed E-state index contributed by atoms with van der Waals surface area (Å²) in [5.74, 6) is -1.11. The zero-order chi connectivity index (χ0) is 14.8. The third-order valence-electron chi connectivity index (χ3n) is 4.71. The summed E-state index contributed by atoms with van der Waals surface area (Å²) < 4.78 is 39.6. The minimum atomic E-state index is -4.35. The second-order valence-electron chi connectivity index (χ2n) is 6.13. The van der Waals surface area contributed by atoms with Crippen LogP contribution in [-0.2, 0) is 4.79 Å². The van der Waals surface area contributed by atoms with Gasteiger partial charge in [0.05, 0.1) is 0 Å². The summed E-state index contributed by atoms with van der Waals surface area (Å²) in [7, 11) is 0. The molecule has 1 aliphatic heterocycles. The van der Waals surface area contributed by atoms with E-state index in [0.717, 1.165) is 19.3 Å². The molecule has 0 bridgehead atoms. The number of alkyl halides is 3. The molecule has 2 fully saturated rings. The van der Waals surface area contributed by atoms with E-state index in [9.17, 15) is 18.0 Å². The molecule has 2 unspecified atom stereocenters. The lowest BCUT2D eigenvalue weighted by Crippen LogP contribution is -2.55. The number of rotatable bonds is 4. The number of halogens is 4. The van der Waals surface area contributed by atoms with Gasteiger partial charge in [0.15, 0.2) is 0 Å². The molecule has 0 spiro atoms. The number of hydrogen-bond donors (Lipinski definition) is 2. The van der Waals surface area contributed by atoms with Crippen molar-refractivity contribution in [1.82, 2.24) is 10.6 Å². The number of amides is 1. The Morgan fingerprint density at radius 1 is 1.14 bits per heavy atom. The maximum absolute atomic E-state index is 13.2. The van der Waals surface area contributed by atoms with Gasteiger partial charge in [0.2, 0.25) is 5.91 Å². The lowest BCUT2D eigenvalue weighted by molar-refractivity contribution is -0.175. The molecule has 0 aromatic heterocycles. The van der Waals surface area contributed by atoms with E-state index >= 15 is 0 Å². The van der Waals surface area contributed by atoms with E-state index in [4.69, 9.17) is 0 Å². The first-order chi connectivity index (χ1) is 9.39. The highest BCUT2D eigenvalue weighted by Crippen LogP contribution is 2.35. The predicted molar refractivity (Wildman–Crippen MR) is 77.3 cm³/mol. The molecule has 0 aromatic rings. The molecule has 124 valence electrons. The van der Waals surface area contributed by atoms with Crippen molar-refractivity contribution < 1.29 is 18.0 Å². The largest absolute Gasteiger partial charge is 0.408 e. The minimum Gasteiger partial charge on any atom is -0.344 e. The minimum absolute atomic E-state index is 0. The van der Waals surface area contributed by atoms with E-state index < -0.39 is 24.0 Å². The number of hydrogen-bond acceptors (Lipinski definition) is 2. The van der Waals surface area contributed by atoms with E-state index in [1.807, 2.05) is 0 Å². The van der Waals surface area contributed by atoms with E-state index in [1.165, 1.54) is 0 Å². The Kier molecular flexibility index (Phi) is 6.78. The summed E-state index contributed by atoms with van der Waals surface area (Å²) in [6, 6.07) is -1.68. The Morgan fingerprint density at radius 2 is 1.71 bits per heavy atom. The Hall–Kier alpha value is -0.490. The topological polar surface area (TPSA) is 41.1 Å².